The van der Waals surface area contributed by atoms with Gasteiger partial charge in [0.2, 0.25) is 0 Å². The Labute approximate surface area is 97.1 Å². The number of hydrogen-bond donors (Lipinski definition) is 1. The lowest BCUT2D eigenvalue weighted by Gasteiger charge is -2.21. The molecule has 86 valence electrons. The lowest BCUT2D eigenvalue weighted by atomic mass is 9.86. The summed E-state index contributed by atoms with van der Waals surface area (Å²) in [6.45, 7) is 7.41. The molecule has 1 aliphatic heterocycles. The highest BCUT2D eigenvalue weighted by atomic mass is 16.1. The van der Waals surface area contributed by atoms with Crippen molar-refractivity contribution in [1.82, 2.24) is 0 Å². The lowest BCUT2D eigenvalue weighted by Crippen LogP contribution is -2.18. The molecule has 0 saturated carbocycles. The van der Waals surface area contributed by atoms with Crippen LogP contribution in [0.4, 0.5) is 5.69 Å². The molecular formula is C14H19NO. The van der Waals surface area contributed by atoms with Gasteiger partial charge in [0, 0.05) is 24.2 Å². The van der Waals surface area contributed by atoms with Crippen molar-refractivity contribution >= 4 is 11.5 Å². The van der Waals surface area contributed by atoms with E-state index < -0.39 is 0 Å². The van der Waals surface area contributed by atoms with Gasteiger partial charge in [0.15, 0.2) is 5.78 Å². The Morgan fingerprint density at radius 2 is 2.06 bits per heavy atom. The number of rotatable bonds is 1. The Hall–Kier alpha value is -1.31. The standard InChI is InChI=1S/C14H19NO/c1-14(2,3)9-10-4-5-12-11(8-10)13(16)6-7-15-12/h4-5,8,15H,6-7,9H2,1-3H3. The highest BCUT2D eigenvalue weighted by molar-refractivity contribution is 6.03. The fourth-order valence-electron chi connectivity index (χ4n) is 2.14. The van der Waals surface area contributed by atoms with Crippen molar-refractivity contribution in [1.29, 1.82) is 0 Å². The van der Waals surface area contributed by atoms with E-state index in [9.17, 15) is 4.79 Å². The third kappa shape index (κ3) is 2.43. The molecule has 0 aromatic heterocycles. The highest BCUT2D eigenvalue weighted by Crippen LogP contribution is 2.26. The van der Waals surface area contributed by atoms with E-state index in [2.05, 4.69) is 38.2 Å². The van der Waals surface area contributed by atoms with Crippen LogP contribution in [0, 0.1) is 5.41 Å². The zero-order chi connectivity index (χ0) is 11.8. The van der Waals surface area contributed by atoms with Crippen molar-refractivity contribution in [3.05, 3.63) is 29.3 Å². The van der Waals surface area contributed by atoms with Gasteiger partial charge in [0.05, 0.1) is 0 Å². The smallest absolute Gasteiger partial charge is 0.166 e. The molecular weight excluding hydrogens is 198 g/mol. The maximum atomic E-state index is 11.8. The molecule has 0 saturated heterocycles. The number of Topliss-reactive ketones (excluding diaryl/α,β-unsaturated/α-hetero) is 1. The number of carbonyl (C=O) groups is 1. The van der Waals surface area contributed by atoms with E-state index in [1.807, 2.05) is 6.07 Å². The topological polar surface area (TPSA) is 29.1 Å². The zero-order valence-corrected chi connectivity index (χ0v) is 10.3. The number of carbonyl (C=O) groups excluding carboxylic acids is 1. The summed E-state index contributed by atoms with van der Waals surface area (Å²) in [5, 5.41) is 3.26. The molecule has 16 heavy (non-hydrogen) atoms. The molecule has 1 aromatic carbocycles. The average molecular weight is 217 g/mol. The molecule has 0 radical (unpaired) electrons. The SMILES string of the molecule is CC(C)(C)Cc1ccc2c(c1)C(=O)CCN2. The van der Waals surface area contributed by atoms with Crippen LogP contribution in [0.15, 0.2) is 18.2 Å². The minimum absolute atomic E-state index is 0.263. The van der Waals surface area contributed by atoms with Gasteiger partial charge in [-0.15, -0.1) is 0 Å². The first-order valence-corrected chi connectivity index (χ1v) is 5.86. The monoisotopic (exact) mass is 217 g/mol. The molecule has 1 N–H and O–H groups in total. The minimum Gasteiger partial charge on any atom is -0.384 e. The number of ketones is 1. The summed E-state index contributed by atoms with van der Waals surface area (Å²) in [5.41, 5.74) is 3.38. The Bertz CT molecular complexity index is 415. The average Bonchev–Trinajstić information content (AvgIpc) is 2.17. The second-order valence-electron chi connectivity index (χ2n) is 5.72. The van der Waals surface area contributed by atoms with E-state index in [1.54, 1.807) is 0 Å². The molecule has 0 atom stereocenters. The molecule has 0 spiro atoms. The Morgan fingerprint density at radius 3 is 2.75 bits per heavy atom. The van der Waals surface area contributed by atoms with Crippen LogP contribution in [0.25, 0.3) is 0 Å². The van der Waals surface area contributed by atoms with Crippen LogP contribution in [-0.2, 0) is 6.42 Å². The lowest BCUT2D eigenvalue weighted by molar-refractivity contribution is 0.0983. The van der Waals surface area contributed by atoms with Crippen LogP contribution < -0.4 is 5.32 Å². The summed E-state index contributed by atoms with van der Waals surface area (Å²) in [6.07, 6.45) is 1.62. The van der Waals surface area contributed by atoms with Crippen molar-refractivity contribution in [3.63, 3.8) is 0 Å². The van der Waals surface area contributed by atoms with Crippen molar-refractivity contribution in [2.45, 2.75) is 33.6 Å². The first-order valence-electron chi connectivity index (χ1n) is 5.86. The fraction of sp³-hybridized carbons (Fsp3) is 0.500. The second kappa shape index (κ2) is 3.93. The molecule has 0 amide bonds. The Balaban J connectivity index is 2.31. The summed E-state index contributed by atoms with van der Waals surface area (Å²) in [4.78, 5) is 11.8. The van der Waals surface area contributed by atoms with E-state index in [0.717, 1.165) is 24.2 Å². The first-order chi connectivity index (χ1) is 7.46. The first kappa shape index (κ1) is 11.2. The Kier molecular flexibility index (Phi) is 2.75. The van der Waals surface area contributed by atoms with Crippen molar-refractivity contribution in [3.8, 4) is 0 Å². The summed E-state index contributed by atoms with van der Waals surface area (Å²) in [5.74, 6) is 0.268. The maximum Gasteiger partial charge on any atom is 0.166 e. The van der Waals surface area contributed by atoms with Crippen LogP contribution in [0.2, 0.25) is 0 Å². The van der Waals surface area contributed by atoms with Gasteiger partial charge in [-0.3, -0.25) is 4.79 Å². The van der Waals surface area contributed by atoms with Gasteiger partial charge in [0.25, 0.3) is 0 Å². The maximum absolute atomic E-state index is 11.8. The van der Waals surface area contributed by atoms with Gasteiger partial charge >= 0.3 is 0 Å². The predicted octanol–water partition coefficient (Wildman–Crippen LogP) is 3.27. The Morgan fingerprint density at radius 1 is 1.31 bits per heavy atom. The van der Waals surface area contributed by atoms with Gasteiger partial charge < -0.3 is 5.32 Å². The van der Waals surface area contributed by atoms with Gasteiger partial charge in [-0.1, -0.05) is 26.8 Å². The van der Waals surface area contributed by atoms with E-state index in [0.29, 0.717) is 6.42 Å². The molecule has 2 nitrogen and oxygen atoms in total. The molecule has 0 bridgehead atoms. The van der Waals surface area contributed by atoms with Crippen molar-refractivity contribution in [2.75, 3.05) is 11.9 Å². The van der Waals surface area contributed by atoms with E-state index in [1.165, 1.54) is 5.56 Å². The summed E-state index contributed by atoms with van der Waals surface area (Å²) in [7, 11) is 0. The highest BCUT2D eigenvalue weighted by Gasteiger charge is 2.18. The number of benzene rings is 1. The molecule has 0 unspecified atom stereocenters. The number of anilines is 1. The molecule has 0 aliphatic carbocycles. The van der Waals surface area contributed by atoms with Gasteiger partial charge in [-0.2, -0.15) is 0 Å². The molecule has 2 heteroatoms. The number of hydrogen-bond acceptors (Lipinski definition) is 2. The minimum atomic E-state index is 0.263. The van der Waals surface area contributed by atoms with Crippen LogP contribution in [0.1, 0.15) is 43.1 Å². The van der Waals surface area contributed by atoms with Crippen LogP contribution in [-0.4, -0.2) is 12.3 Å². The zero-order valence-electron chi connectivity index (χ0n) is 10.3. The fourth-order valence-corrected chi connectivity index (χ4v) is 2.14. The number of nitrogens with one attached hydrogen (secondary N) is 1. The predicted molar refractivity (Wildman–Crippen MR) is 67.0 cm³/mol. The third-order valence-electron chi connectivity index (χ3n) is 2.79. The van der Waals surface area contributed by atoms with E-state index in [-0.39, 0.29) is 11.2 Å². The van der Waals surface area contributed by atoms with Gasteiger partial charge in [0.1, 0.15) is 0 Å². The quantitative estimate of drug-likeness (QED) is 0.782. The summed E-state index contributed by atoms with van der Waals surface area (Å²) in [6, 6.07) is 6.21. The number of fused-ring (bicyclic) bond motifs is 1. The van der Waals surface area contributed by atoms with Crippen molar-refractivity contribution in [2.24, 2.45) is 5.41 Å². The van der Waals surface area contributed by atoms with Crippen LogP contribution in [0.5, 0.6) is 0 Å². The van der Waals surface area contributed by atoms with Gasteiger partial charge in [-0.25, -0.2) is 0 Å². The molecule has 1 heterocycles. The molecule has 2 rings (SSSR count). The normalized spacial score (nSPS) is 15.6. The van der Waals surface area contributed by atoms with Gasteiger partial charge in [-0.05, 0) is 29.5 Å². The third-order valence-corrected chi connectivity index (χ3v) is 2.79. The molecule has 1 aromatic rings. The second-order valence-corrected chi connectivity index (χ2v) is 5.72. The van der Waals surface area contributed by atoms with Crippen LogP contribution >= 0.6 is 0 Å². The van der Waals surface area contributed by atoms with Crippen LogP contribution in [0.3, 0.4) is 0 Å². The molecule has 1 aliphatic rings. The van der Waals surface area contributed by atoms with E-state index >= 15 is 0 Å². The summed E-state index contributed by atoms with van der Waals surface area (Å²) >= 11 is 0. The van der Waals surface area contributed by atoms with E-state index in [4.69, 9.17) is 0 Å². The molecule has 0 fully saturated rings. The summed E-state index contributed by atoms with van der Waals surface area (Å²) < 4.78 is 0. The van der Waals surface area contributed by atoms with Crippen molar-refractivity contribution < 1.29 is 4.79 Å². The largest absolute Gasteiger partial charge is 0.384 e.